The molecule has 0 saturated carbocycles. The highest BCUT2D eigenvalue weighted by Gasteiger charge is 2.27. The highest BCUT2D eigenvalue weighted by atomic mass is 79.9. The molecule has 0 aliphatic heterocycles. The summed E-state index contributed by atoms with van der Waals surface area (Å²) in [4.78, 5) is 0. The third kappa shape index (κ3) is 3.67. The summed E-state index contributed by atoms with van der Waals surface area (Å²) in [6.07, 6.45) is 0. The van der Waals surface area contributed by atoms with Gasteiger partial charge in [-0.2, -0.15) is 0 Å². The number of rotatable bonds is 5. The van der Waals surface area contributed by atoms with Crippen LogP contribution in [0.5, 0.6) is 0 Å². The number of sulfonamides is 1. The van der Waals surface area contributed by atoms with E-state index in [9.17, 15) is 8.42 Å². The number of nitrogens with one attached hydrogen (secondary N) is 1. The highest BCUT2D eigenvalue weighted by Crippen LogP contribution is 2.26. The molecule has 0 unspecified atom stereocenters. The Kier molecular flexibility index (Phi) is 4.76. The molecule has 0 spiro atoms. The zero-order chi connectivity index (χ0) is 14.0. The quantitative estimate of drug-likeness (QED) is 0.322. The molecule has 9 heteroatoms. The van der Waals surface area contributed by atoms with Crippen LogP contribution in [0.2, 0.25) is 0 Å². The molecule has 6 nitrogen and oxygen atoms in total. The van der Waals surface area contributed by atoms with Crippen LogP contribution in [0.4, 0.5) is 0 Å². The van der Waals surface area contributed by atoms with E-state index in [1.54, 1.807) is 19.9 Å². The summed E-state index contributed by atoms with van der Waals surface area (Å²) < 4.78 is 27.3. The Hall–Kier alpha value is -0.640. The van der Waals surface area contributed by atoms with Gasteiger partial charge in [-0.25, -0.2) is 13.1 Å². The van der Waals surface area contributed by atoms with Gasteiger partial charge in [0.1, 0.15) is 10.0 Å². The van der Waals surface area contributed by atoms with Crippen molar-refractivity contribution in [3.63, 3.8) is 0 Å². The molecule has 0 amide bonds. The minimum absolute atomic E-state index is 0.0300. The van der Waals surface area contributed by atoms with Crippen molar-refractivity contribution in [1.29, 1.82) is 0 Å². The van der Waals surface area contributed by atoms with E-state index < -0.39 is 15.4 Å². The van der Waals surface area contributed by atoms with Crippen LogP contribution in [-0.2, 0) is 10.0 Å². The van der Waals surface area contributed by atoms with Crippen LogP contribution in [0, 0.1) is 5.41 Å². The molecule has 4 N–H and O–H groups in total. The van der Waals surface area contributed by atoms with Crippen molar-refractivity contribution in [2.75, 3.05) is 6.54 Å². The van der Waals surface area contributed by atoms with Crippen molar-refractivity contribution in [1.82, 2.24) is 4.72 Å². The van der Waals surface area contributed by atoms with E-state index >= 15 is 0 Å². The van der Waals surface area contributed by atoms with Crippen LogP contribution in [0.1, 0.15) is 13.8 Å². The van der Waals surface area contributed by atoms with Crippen molar-refractivity contribution in [2.24, 2.45) is 16.3 Å². The molecule has 1 aromatic rings. The van der Waals surface area contributed by atoms with Gasteiger partial charge in [0.25, 0.3) is 0 Å². The lowest BCUT2D eigenvalue weighted by Gasteiger charge is -2.22. The minimum atomic E-state index is -3.57. The minimum Gasteiger partial charge on any atom is -0.409 e. The number of hydrogen-bond donors (Lipinski definition) is 3. The normalized spacial score (nSPS) is 13.8. The summed E-state index contributed by atoms with van der Waals surface area (Å²) in [5.41, 5.74) is 4.72. The van der Waals surface area contributed by atoms with Gasteiger partial charge in [0, 0.05) is 12.0 Å². The Morgan fingerprint density at radius 2 is 2.22 bits per heavy atom. The molecule has 1 aromatic heterocycles. The number of nitrogens with two attached hydrogens (primary N) is 1. The Morgan fingerprint density at radius 1 is 1.61 bits per heavy atom. The summed E-state index contributed by atoms with van der Waals surface area (Å²) in [6, 6.07) is 3.17. The fourth-order valence-electron chi connectivity index (χ4n) is 1.01. The first-order valence-corrected chi connectivity index (χ1v) is 8.01. The lowest BCUT2D eigenvalue weighted by Crippen LogP contribution is -2.42. The second-order valence-corrected chi connectivity index (χ2v) is 8.71. The number of amidine groups is 1. The predicted molar refractivity (Wildman–Crippen MR) is 74.4 cm³/mol. The van der Waals surface area contributed by atoms with Crippen molar-refractivity contribution in [3.05, 3.63) is 15.9 Å². The van der Waals surface area contributed by atoms with Gasteiger partial charge in [-0.05, 0) is 28.1 Å². The smallest absolute Gasteiger partial charge is 0.250 e. The van der Waals surface area contributed by atoms with E-state index in [1.165, 1.54) is 6.07 Å². The maximum absolute atomic E-state index is 11.9. The number of halogens is 1. The first-order chi connectivity index (χ1) is 8.19. The summed E-state index contributed by atoms with van der Waals surface area (Å²) in [7, 11) is -3.57. The second-order valence-electron chi connectivity index (χ2n) is 4.25. The molecule has 0 radical (unpaired) electrons. The summed E-state index contributed by atoms with van der Waals surface area (Å²) >= 11 is 4.32. The number of hydrogen-bond acceptors (Lipinski definition) is 5. The third-order valence-electron chi connectivity index (χ3n) is 2.32. The fraction of sp³-hybridized carbons (Fsp3) is 0.444. The van der Waals surface area contributed by atoms with E-state index in [2.05, 4.69) is 25.8 Å². The van der Waals surface area contributed by atoms with Crippen molar-refractivity contribution in [2.45, 2.75) is 18.1 Å². The van der Waals surface area contributed by atoms with E-state index in [0.717, 1.165) is 15.1 Å². The highest BCUT2D eigenvalue weighted by molar-refractivity contribution is 9.11. The monoisotopic (exact) mass is 355 g/mol. The van der Waals surface area contributed by atoms with Crippen LogP contribution in [0.25, 0.3) is 0 Å². The Morgan fingerprint density at radius 3 is 2.67 bits per heavy atom. The van der Waals surface area contributed by atoms with E-state index in [1.807, 2.05) is 0 Å². The average molecular weight is 356 g/mol. The summed E-state index contributed by atoms with van der Waals surface area (Å²) in [6.45, 7) is 3.39. The molecule has 0 aromatic carbocycles. The van der Waals surface area contributed by atoms with Crippen LogP contribution in [-0.4, -0.2) is 26.0 Å². The van der Waals surface area contributed by atoms with Gasteiger partial charge >= 0.3 is 0 Å². The lowest BCUT2D eigenvalue weighted by molar-refractivity contribution is 0.307. The molecule has 0 saturated heterocycles. The molecule has 0 aliphatic carbocycles. The maximum Gasteiger partial charge on any atom is 0.250 e. The second kappa shape index (κ2) is 5.55. The molecule has 102 valence electrons. The molecular formula is C9H14BrN3O3S2. The predicted octanol–water partition coefficient (Wildman–Crippen LogP) is 1.56. The van der Waals surface area contributed by atoms with Crippen LogP contribution in [0.15, 0.2) is 25.3 Å². The zero-order valence-electron chi connectivity index (χ0n) is 9.84. The van der Waals surface area contributed by atoms with Crippen LogP contribution >= 0.6 is 27.3 Å². The first kappa shape index (κ1) is 15.4. The Balaban J connectivity index is 2.80. The number of oxime groups is 1. The van der Waals surface area contributed by atoms with Crippen molar-refractivity contribution < 1.29 is 13.6 Å². The maximum atomic E-state index is 11.9. The molecule has 1 heterocycles. The van der Waals surface area contributed by atoms with E-state index in [0.29, 0.717) is 0 Å². The number of thiophene rings is 1. The van der Waals surface area contributed by atoms with Gasteiger partial charge < -0.3 is 10.9 Å². The standard InChI is InChI=1S/C9H14BrN3O3S2/c1-9(2,8(11)13-14)5-12-18(15,16)7-4-3-6(10)17-7/h3-4,12,14H,5H2,1-2H3,(H2,11,13). The van der Waals surface area contributed by atoms with Gasteiger partial charge in [0.05, 0.1) is 3.79 Å². The van der Waals surface area contributed by atoms with Gasteiger partial charge in [0.15, 0.2) is 0 Å². The van der Waals surface area contributed by atoms with Crippen LogP contribution in [0.3, 0.4) is 0 Å². The SMILES string of the molecule is CC(C)(CNS(=O)(=O)c1ccc(Br)s1)/C(N)=N/O. The molecule has 0 aliphatic rings. The Bertz CT molecular complexity index is 551. The largest absolute Gasteiger partial charge is 0.409 e. The molecule has 0 fully saturated rings. The van der Waals surface area contributed by atoms with E-state index in [4.69, 9.17) is 10.9 Å². The fourth-order valence-corrected chi connectivity index (χ4v) is 4.28. The third-order valence-corrected chi connectivity index (χ3v) is 5.84. The van der Waals surface area contributed by atoms with Gasteiger partial charge in [-0.3, -0.25) is 0 Å². The van der Waals surface area contributed by atoms with Crippen molar-refractivity contribution in [3.8, 4) is 0 Å². The number of nitrogens with zero attached hydrogens (tertiary/aromatic N) is 1. The first-order valence-electron chi connectivity index (χ1n) is 4.92. The molecule has 0 bridgehead atoms. The zero-order valence-corrected chi connectivity index (χ0v) is 13.1. The van der Waals surface area contributed by atoms with Crippen LogP contribution < -0.4 is 10.5 Å². The van der Waals surface area contributed by atoms with E-state index in [-0.39, 0.29) is 16.6 Å². The molecular weight excluding hydrogens is 342 g/mol. The molecule has 18 heavy (non-hydrogen) atoms. The summed E-state index contributed by atoms with van der Waals surface area (Å²) in [5, 5.41) is 11.5. The summed E-state index contributed by atoms with van der Waals surface area (Å²) in [5.74, 6) is -0.0300. The van der Waals surface area contributed by atoms with Gasteiger partial charge in [-0.1, -0.05) is 19.0 Å². The molecule has 0 atom stereocenters. The average Bonchev–Trinajstić information content (AvgIpc) is 2.73. The Labute approximate surface area is 118 Å². The lowest BCUT2D eigenvalue weighted by atomic mass is 9.93. The van der Waals surface area contributed by atoms with Gasteiger partial charge in [0.2, 0.25) is 10.0 Å². The van der Waals surface area contributed by atoms with Gasteiger partial charge in [-0.15, -0.1) is 11.3 Å². The topological polar surface area (TPSA) is 105 Å². The van der Waals surface area contributed by atoms with Crippen molar-refractivity contribution >= 4 is 43.1 Å². The molecule has 1 rings (SSSR count).